The maximum absolute atomic E-state index is 13.6. The fourth-order valence-electron chi connectivity index (χ4n) is 5.53. The minimum absolute atomic E-state index is 0.0734. The van der Waals surface area contributed by atoms with E-state index in [0.717, 1.165) is 0 Å². The van der Waals surface area contributed by atoms with E-state index in [0.29, 0.717) is 0 Å². The number of imidazole rings is 2. The number of aliphatic hydroxyl groups excluding tert-OH is 2. The molecular formula is C20H27N13O10P2. The van der Waals surface area contributed by atoms with Gasteiger partial charge in [-0.15, -0.1) is 5.25 Å². The first kappa shape index (κ1) is 30.4. The van der Waals surface area contributed by atoms with Crippen LogP contribution < -0.4 is 26.9 Å². The molecule has 7 heterocycles. The van der Waals surface area contributed by atoms with Crippen molar-refractivity contribution in [1.82, 2.24) is 54.5 Å². The Bertz CT molecular complexity index is 1840. The van der Waals surface area contributed by atoms with Gasteiger partial charge in [0.25, 0.3) is 0 Å². The lowest BCUT2D eigenvalue weighted by Gasteiger charge is -2.30. The average Bonchev–Trinajstić information content (AvgIpc) is 3.77. The van der Waals surface area contributed by atoms with Crippen molar-refractivity contribution in [3.8, 4) is 0 Å². The molecule has 0 radical (unpaired) electrons. The van der Waals surface area contributed by atoms with Gasteiger partial charge in [-0.25, -0.2) is 44.6 Å². The third kappa shape index (κ3) is 5.26. The maximum Gasteiger partial charge on any atom is 0.403 e. The molecule has 0 aromatic carbocycles. The second-order valence-corrected chi connectivity index (χ2v) is 13.7. The second-order valence-electron chi connectivity index (χ2n) is 10.4. The molecule has 0 amide bonds. The van der Waals surface area contributed by atoms with E-state index in [2.05, 4.69) is 40.1 Å². The van der Waals surface area contributed by atoms with Crippen LogP contribution >= 0.6 is 15.4 Å². The summed E-state index contributed by atoms with van der Waals surface area (Å²) in [6.45, 7) is -1.27. The summed E-state index contributed by atoms with van der Waals surface area (Å²) in [5.41, 5.74) is 12.6. The molecule has 3 aliphatic heterocycles. The monoisotopic (exact) mass is 671 g/mol. The minimum Gasteiger partial charge on any atom is -0.387 e. The van der Waals surface area contributed by atoms with Gasteiger partial charge in [0.15, 0.2) is 35.4 Å². The predicted molar refractivity (Wildman–Crippen MR) is 147 cm³/mol. The molecule has 0 saturated carbocycles. The molecule has 45 heavy (non-hydrogen) atoms. The van der Waals surface area contributed by atoms with E-state index in [1.165, 1.54) is 34.4 Å². The van der Waals surface area contributed by atoms with Crippen LogP contribution in [0, 0.1) is 0 Å². The topological polar surface area (TPSA) is 327 Å². The van der Waals surface area contributed by atoms with Crippen molar-refractivity contribution in [3.05, 3.63) is 25.3 Å². The number of rotatable bonds is 3. The van der Waals surface area contributed by atoms with Crippen molar-refractivity contribution in [2.75, 3.05) is 24.7 Å². The molecule has 4 aromatic heterocycles. The third-order valence-electron chi connectivity index (χ3n) is 7.67. The van der Waals surface area contributed by atoms with E-state index in [9.17, 15) is 29.4 Å². The van der Waals surface area contributed by atoms with Crippen molar-refractivity contribution in [2.24, 2.45) is 0 Å². The van der Waals surface area contributed by atoms with Gasteiger partial charge in [-0.3, -0.25) is 18.2 Å². The van der Waals surface area contributed by atoms with Crippen molar-refractivity contribution in [2.45, 2.75) is 49.0 Å². The normalized spacial score (nSPS) is 37.7. The number of nitrogen functional groups attached to an aromatic ring is 2. The van der Waals surface area contributed by atoms with Crippen LogP contribution in [0.5, 0.6) is 0 Å². The van der Waals surface area contributed by atoms with Crippen molar-refractivity contribution < 1.29 is 48.0 Å². The van der Waals surface area contributed by atoms with Crippen LogP contribution in [-0.2, 0) is 27.7 Å². The lowest BCUT2D eigenvalue weighted by atomic mass is 10.1. The molecular weight excluding hydrogens is 644 g/mol. The van der Waals surface area contributed by atoms with Gasteiger partial charge in [0, 0.05) is 0 Å². The Hall–Kier alpha value is -3.28. The smallest absolute Gasteiger partial charge is 0.387 e. The summed E-state index contributed by atoms with van der Waals surface area (Å²) in [7, 11) is -9.16. The molecule has 4 aromatic rings. The lowest BCUT2D eigenvalue weighted by molar-refractivity contribution is -0.0481. The molecule has 0 spiro atoms. The summed E-state index contributed by atoms with van der Waals surface area (Å²) >= 11 is 0. The first-order valence-electron chi connectivity index (χ1n) is 13.2. The van der Waals surface area contributed by atoms with E-state index in [1.54, 1.807) is 5.25 Å². The van der Waals surface area contributed by atoms with Crippen LogP contribution in [0.1, 0.15) is 12.5 Å². The summed E-state index contributed by atoms with van der Waals surface area (Å²) in [6.07, 6.45) is -3.14. The van der Waals surface area contributed by atoms with Gasteiger partial charge in [0.1, 0.15) is 48.1 Å². The molecule has 25 heteroatoms. The molecule has 23 nitrogen and oxygen atoms in total. The quantitative estimate of drug-likeness (QED) is 0.0802. The van der Waals surface area contributed by atoms with Crippen molar-refractivity contribution >= 4 is 49.4 Å². The predicted octanol–water partition coefficient (Wildman–Crippen LogP) is -2.50. The Kier molecular flexibility index (Phi) is 7.56. The highest BCUT2D eigenvalue weighted by Gasteiger charge is 2.52. The van der Waals surface area contributed by atoms with E-state index >= 15 is 0 Å². The van der Waals surface area contributed by atoms with Gasteiger partial charge < -0.3 is 45.8 Å². The second kappa shape index (κ2) is 11.2. The number of anilines is 2. The Labute approximate surface area is 251 Å². The van der Waals surface area contributed by atoms with Gasteiger partial charge in [0.2, 0.25) is 0 Å². The molecule has 3 fully saturated rings. The van der Waals surface area contributed by atoms with Gasteiger partial charge in [-0.05, 0) is 0 Å². The standard InChI is InChI=1S/C20H27N13O10P2/c21-15-11-17(25-3-23-15)32(5-27-11)19-13(34)9-8(43-19)2-41-45(38,39)30-10-7(1-40-44(37,29-9)31-36)42-20(14(10)35)33-6-28-12-16(22)24-4-26-18(12)33/h3-10,13-14,19-20,34-36H,1-2H2,(H2,21,23,25)(H2,22,24,26)(H2,29,31,37)(H2,30,38,39)/t7-,8-,9-,10-,13-,14-,19-,20-,44?/m1/s1. The fraction of sp³-hybridized carbons (Fsp3) is 0.500. The molecule has 2 unspecified atom stereocenters. The summed E-state index contributed by atoms with van der Waals surface area (Å²) in [5, 5.41) is 38.9. The highest BCUT2D eigenvalue weighted by Crippen LogP contribution is 2.47. The number of nitrogens with zero attached hydrogens (tertiary/aromatic N) is 8. The number of aromatic nitrogens is 8. The Morgan fingerprint density at radius 3 is 1.80 bits per heavy atom. The van der Waals surface area contributed by atoms with Crippen LogP contribution in [0.3, 0.4) is 0 Å². The summed E-state index contributed by atoms with van der Waals surface area (Å²) in [4.78, 5) is 35.1. The molecule has 7 rings (SSSR count). The largest absolute Gasteiger partial charge is 0.403 e. The van der Waals surface area contributed by atoms with Crippen molar-refractivity contribution in [3.63, 3.8) is 0 Å². The summed E-state index contributed by atoms with van der Waals surface area (Å²) in [6, 6.07) is -2.67. The van der Waals surface area contributed by atoms with E-state index in [1.807, 2.05) is 0 Å². The Morgan fingerprint density at radius 2 is 1.29 bits per heavy atom. The number of fused-ring (bicyclic) bond motifs is 4. The van der Waals surface area contributed by atoms with Crippen LogP contribution in [0.4, 0.5) is 11.6 Å². The van der Waals surface area contributed by atoms with E-state index in [-0.39, 0.29) is 34.0 Å². The first-order chi connectivity index (χ1) is 21.5. The van der Waals surface area contributed by atoms with Crippen LogP contribution in [0.25, 0.3) is 22.3 Å². The van der Waals surface area contributed by atoms with E-state index < -0.39 is 77.6 Å². The molecule has 11 N–H and O–H groups in total. The summed E-state index contributed by atoms with van der Waals surface area (Å²) < 4.78 is 52.3. The number of nitrogens with one attached hydrogen (secondary N) is 3. The molecule has 10 atom stereocenters. The zero-order valence-corrected chi connectivity index (χ0v) is 24.5. The zero-order valence-electron chi connectivity index (χ0n) is 22.7. The average molecular weight is 671 g/mol. The number of nitrogens with two attached hydrogens (primary N) is 2. The zero-order chi connectivity index (χ0) is 31.7. The molecule has 242 valence electrons. The maximum atomic E-state index is 13.6. The molecule has 0 bridgehead atoms. The van der Waals surface area contributed by atoms with Crippen LogP contribution in [0.2, 0.25) is 0 Å². The fourth-order valence-corrected chi connectivity index (χ4v) is 7.91. The van der Waals surface area contributed by atoms with Gasteiger partial charge in [0.05, 0.1) is 38.0 Å². The SMILES string of the molecule is Nc1ncnc2c1ncn2[C@@H]1O[C@@H]2COP(=O)(NO)N[C@H]3[C@@H](O)[C@H](n4cnc5c(N)ncnc54)O[C@@H]3COP(=O)(O)N[C@H]2[C@H]1O. The lowest BCUT2D eigenvalue weighted by Crippen LogP contribution is -2.49. The van der Waals surface area contributed by atoms with Crippen LogP contribution in [0.15, 0.2) is 25.3 Å². The minimum atomic E-state index is -4.73. The van der Waals surface area contributed by atoms with Crippen LogP contribution in [-0.4, -0.2) is 109 Å². The molecule has 0 aliphatic carbocycles. The van der Waals surface area contributed by atoms with E-state index in [4.69, 9.17) is 30.0 Å². The molecule has 3 aliphatic rings. The number of ether oxygens (including phenoxy) is 2. The van der Waals surface area contributed by atoms with Gasteiger partial charge in [-0.1, -0.05) is 0 Å². The third-order valence-corrected chi connectivity index (χ3v) is 10.2. The van der Waals surface area contributed by atoms with Gasteiger partial charge >= 0.3 is 15.4 Å². The number of hydrogen-bond acceptors (Lipinski definition) is 17. The highest BCUT2D eigenvalue weighted by atomic mass is 31.2. The van der Waals surface area contributed by atoms with Gasteiger partial charge in [-0.2, -0.15) is 0 Å². The van der Waals surface area contributed by atoms with Crippen molar-refractivity contribution in [1.29, 1.82) is 0 Å². The number of hydrogen-bond donors (Lipinski definition) is 9. The highest BCUT2D eigenvalue weighted by molar-refractivity contribution is 7.54. The summed E-state index contributed by atoms with van der Waals surface area (Å²) in [5.74, 6) is 0.147. The first-order valence-corrected chi connectivity index (χ1v) is 16.4. The Morgan fingerprint density at radius 1 is 0.800 bits per heavy atom. The Balaban J connectivity index is 1.18. The number of aliphatic hydroxyl groups is 2. The molecule has 3 saturated heterocycles.